The summed E-state index contributed by atoms with van der Waals surface area (Å²) in [6, 6.07) is 33.5. The second-order valence-electron chi connectivity index (χ2n) is 7.37. The van der Waals surface area contributed by atoms with E-state index in [1.165, 1.54) is 0 Å². The highest BCUT2D eigenvalue weighted by atomic mass is 35.5. The molecular formula is C27H20ClN3. The van der Waals surface area contributed by atoms with E-state index in [1.807, 2.05) is 30.6 Å². The monoisotopic (exact) mass is 421 g/mol. The predicted molar refractivity (Wildman–Crippen MR) is 125 cm³/mol. The summed E-state index contributed by atoms with van der Waals surface area (Å²) in [5.74, 6) is 0. The molecule has 0 saturated carbocycles. The van der Waals surface area contributed by atoms with E-state index >= 15 is 0 Å². The van der Waals surface area contributed by atoms with Gasteiger partial charge in [-0.1, -0.05) is 103 Å². The number of imidazole rings is 1. The predicted octanol–water partition coefficient (Wildman–Crippen LogP) is 6.44. The first-order chi connectivity index (χ1) is 15.3. The van der Waals surface area contributed by atoms with Gasteiger partial charge in [-0.2, -0.15) is 0 Å². The summed E-state index contributed by atoms with van der Waals surface area (Å²) >= 11 is 6.18. The maximum Gasteiger partial charge on any atom is 0.121 e. The molecule has 0 aliphatic carbocycles. The number of pyridine rings is 1. The minimum atomic E-state index is -0.582. The van der Waals surface area contributed by atoms with Crippen LogP contribution in [-0.2, 0) is 5.54 Å². The maximum atomic E-state index is 6.18. The van der Waals surface area contributed by atoms with Crippen molar-refractivity contribution in [3.63, 3.8) is 0 Å². The molecule has 0 saturated heterocycles. The normalized spacial score (nSPS) is 11.4. The Hall–Kier alpha value is -3.69. The Morgan fingerprint density at radius 2 is 1.19 bits per heavy atom. The minimum Gasteiger partial charge on any atom is -0.318 e. The molecule has 31 heavy (non-hydrogen) atoms. The van der Waals surface area contributed by atoms with Crippen molar-refractivity contribution in [3.8, 4) is 11.3 Å². The van der Waals surface area contributed by atoms with E-state index in [4.69, 9.17) is 16.6 Å². The van der Waals surface area contributed by atoms with Gasteiger partial charge in [-0.05, 0) is 22.8 Å². The first-order valence-electron chi connectivity index (χ1n) is 10.1. The molecule has 5 aromatic rings. The standard InChI is InChI=1S/C27H20ClN3/c28-25-16-21(17-29-18-25)26-19-31(20-30-26)27(22-10-4-1-5-11-22,23-12-6-2-7-13-23)24-14-8-3-9-15-24/h1-20H. The highest BCUT2D eigenvalue weighted by Gasteiger charge is 2.38. The number of benzene rings is 3. The zero-order chi connectivity index (χ0) is 21.1. The molecular weight excluding hydrogens is 402 g/mol. The van der Waals surface area contributed by atoms with Crippen LogP contribution in [0.4, 0.5) is 0 Å². The van der Waals surface area contributed by atoms with Gasteiger partial charge in [0.15, 0.2) is 0 Å². The number of hydrogen-bond donors (Lipinski definition) is 0. The summed E-state index contributed by atoms with van der Waals surface area (Å²) < 4.78 is 2.18. The fourth-order valence-electron chi connectivity index (χ4n) is 4.19. The summed E-state index contributed by atoms with van der Waals surface area (Å²) in [6.07, 6.45) is 7.38. The number of halogens is 1. The Morgan fingerprint density at radius 3 is 1.68 bits per heavy atom. The van der Waals surface area contributed by atoms with Crippen LogP contribution >= 0.6 is 11.6 Å². The van der Waals surface area contributed by atoms with Gasteiger partial charge >= 0.3 is 0 Å². The molecule has 0 bridgehead atoms. The van der Waals surface area contributed by atoms with Gasteiger partial charge in [0.25, 0.3) is 0 Å². The molecule has 3 aromatic carbocycles. The van der Waals surface area contributed by atoms with Crippen LogP contribution in [0.2, 0.25) is 5.02 Å². The fourth-order valence-corrected chi connectivity index (χ4v) is 4.37. The van der Waals surface area contributed by atoms with Gasteiger partial charge in [-0.25, -0.2) is 4.98 Å². The summed E-state index contributed by atoms with van der Waals surface area (Å²) in [6.45, 7) is 0. The maximum absolute atomic E-state index is 6.18. The van der Waals surface area contributed by atoms with Gasteiger partial charge < -0.3 is 4.57 Å². The molecule has 0 atom stereocenters. The van der Waals surface area contributed by atoms with Crippen LogP contribution in [0.5, 0.6) is 0 Å². The second-order valence-corrected chi connectivity index (χ2v) is 7.80. The molecule has 4 heteroatoms. The zero-order valence-electron chi connectivity index (χ0n) is 16.8. The number of hydrogen-bond acceptors (Lipinski definition) is 2. The van der Waals surface area contributed by atoms with E-state index in [0.29, 0.717) is 5.02 Å². The Balaban J connectivity index is 1.81. The van der Waals surface area contributed by atoms with Crippen LogP contribution in [0, 0.1) is 0 Å². The summed E-state index contributed by atoms with van der Waals surface area (Å²) in [5, 5.41) is 0.590. The number of aromatic nitrogens is 3. The van der Waals surface area contributed by atoms with Crippen molar-refractivity contribution >= 4 is 11.6 Å². The van der Waals surface area contributed by atoms with Crippen LogP contribution < -0.4 is 0 Å². The van der Waals surface area contributed by atoms with E-state index in [9.17, 15) is 0 Å². The van der Waals surface area contributed by atoms with Gasteiger partial charge in [0, 0.05) is 24.2 Å². The lowest BCUT2D eigenvalue weighted by atomic mass is 9.77. The highest BCUT2D eigenvalue weighted by Crippen LogP contribution is 2.41. The van der Waals surface area contributed by atoms with Gasteiger partial charge in [0.2, 0.25) is 0 Å². The summed E-state index contributed by atoms with van der Waals surface area (Å²) in [4.78, 5) is 8.96. The van der Waals surface area contributed by atoms with Crippen LogP contribution in [0.3, 0.4) is 0 Å². The summed E-state index contributed by atoms with van der Waals surface area (Å²) in [7, 11) is 0. The molecule has 0 fully saturated rings. The molecule has 0 N–H and O–H groups in total. The van der Waals surface area contributed by atoms with Crippen LogP contribution in [0.25, 0.3) is 11.3 Å². The van der Waals surface area contributed by atoms with Crippen molar-refractivity contribution in [2.24, 2.45) is 0 Å². The summed E-state index contributed by atoms with van der Waals surface area (Å²) in [5.41, 5.74) is 4.58. The van der Waals surface area contributed by atoms with Crippen LogP contribution in [-0.4, -0.2) is 14.5 Å². The SMILES string of the molecule is Clc1cncc(-c2cn(C(c3ccccc3)(c3ccccc3)c3ccccc3)cn2)c1. The molecule has 3 nitrogen and oxygen atoms in total. The van der Waals surface area contributed by atoms with Crippen molar-refractivity contribution in [1.82, 2.24) is 14.5 Å². The fraction of sp³-hybridized carbons (Fsp3) is 0.0370. The van der Waals surface area contributed by atoms with Crippen molar-refractivity contribution in [1.29, 1.82) is 0 Å². The molecule has 150 valence electrons. The smallest absolute Gasteiger partial charge is 0.121 e. The van der Waals surface area contributed by atoms with Crippen molar-refractivity contribution in [2.45, 2.75) is 5.54 Å². The van der Waals surface area contributed by atoms with E-state index in [-0.39, 0.29) is 0 Å². The number of nitrogens with zero attached hydrogens (tertiary/aromatic N) is 3. The minimum absolute atomic E-state index is 0.582. The van der Waals surface area contributed by atoms with E-state index < -0.39 is 5.54 Å². The molecule has 0 spiro atoms. The largest absolute Gasteiger partial charge is 0.318 e. The highest BCUT2D eigenvalue weighted by molar-refractivity contribution is 6.30. The third-order valence-electron chi connectivity index (χ3n) is 5.55. The second kappa shape index (κ2) is 8.21. The van der Waals surface area contributed by atoms with E-state index in [1.54, 1.807) is 12.4 Å². The van der Waals surface area contributed by atoms with Gasteiger partial charge in [-0.15, -0.1) is 0 Å². The molecule has 2 heterocycles. The van der Waals surface area contributed by atoms with Gasteiger partial charge in [-0.3, -0.25) is 4.98 Å². The lowest BCUT2D eigenvalue weighted by Crippen LogP contribution is -2.36. The first kappa shape index (κ1) is 19.3. The van der Waals surface area contributed by atoms with E-state index in [2.05, 4.69) is 88.5 Å². The lowest BCUT2D eigenvalue weighted by Gasteiger charge is -2.37. The molecule has 0 amide bonds. The molecule has 5 rings (SSSR count). The average molecular weight is 422 g/mol. The van der Waals surface area contributed by atoms with E-state index in [0.717, 1.165) is 27.9 Å². The Kier molecular flexibility index (Phi) is 5.11. The van der Waals surface area contributed by atoms with Gasteiger partial charge in [0.1, 0.15) is 5.54 Å². The third-order valence-corrected chi connectivity index (χ3v) is 5.75. The molecule has 0 aliphatic rings. The quantitative estimate of drug-likeness (QED) is 0.306. The van der Waals surface area contributed by atoms with Crippen molar-refractivity contribution < 1.29 is 0 Å². The third kappa shape index (κ3) is 3.43. The number of rotatable bonds is 5. The Labute approximate surface area is 186 Å². The lowest BCUT2D eigenvalue weighted by molar-refractivity contribution is 0.515. The Bertz CT molecular complexity index is 1190. The van der Waals surface area contributed by atoms with Crippen LogP contribution in [0.15, 0.2) is 122 Å². The average Bonchev–Trinajstić information content (AvgIpc) is 3.32. The molecule has 0 radical (unpaired) electrons. The topological polar surface area (TPSA) is 30.7 Å². The van der Waals surface area contributed by atoms with Crippen molar-refractivity contribution in [2.75, 3.05) is 0 Å². The molecule has 0 unspecified atom stereocenters. The Morgan fingerprint density at radius 1 is 0.677 bits per heavy atom. The van der Waals surface area contributed by atoms with Crippen LogP contribution in [0.1, 0.15) is 16.7 Å². The van der Waals surface area contributed by atoms with Gasteiger partial charge in [0.05, 0.1) is 17.0 Å². The zero-order valence-corrected chi connectivity index (χ0v) is 17.5. The first-order valence-corrected chi connectivity index (χ1v) is 10.5. The molecule has 2 aromatic heterocycles. The molecule has 0 aliphatic heterocycles. The van der Waals surface area contributed by atoms with Crippen molar-refractivity contribution in [3.05, 3.63) is 144 Å².